The Bertz CT molecular complexity index is 712. The fourth-order valence-corrected chi connectivity index (χ4v) is 4.49. The molecule has 2 fully saturated rings. The minimum absolute atomic E-state index is 0.0951. The van der Waals surface area contributed by atoms with Gasteiger partial charge >= 0.3 is 5.97 Å². The predicted molar refractivity (Wildman–Crippen MR) is 88.1 cm³/mol. The van der Waals surface area contributed by atoms with Crippen molar-refractivity contribution < 1.29 is 19.4 Å². The summed E-state index contributed by atoms with van der Waals surface area (Å²) in [5.74, 6) is 0.668. The predicted octanol–water partition coefficient (Wildman–Crippen LogP) is 3.73. The van der Waals surface area contributed by atoms with Crippen LogP contribution in [0.15, 0.2) is 18.2 Å². The van der Waals surface area contributed by atoms with Crippen LogP contribution in [0, 0.1) is 43.4 Å². The number of nitro groups is 2. The molecule has 0 aliphatic heterocycles. The first-order valence-electron chi connectivity index (χ1n) is 8.31. The molecule has 1 aromatic rings. The zero-order chi connectivity index (χ0) is 18.4. The third-order valence-corrected chi connectivity index (χ3v) is 6.00. The van der Waals surface area contributed by atoms with Crippen molar-refractivity contribution >= 4 is 17.3 Å². The number of rotatable bonds is 5. The van der Waals surface area contributed by atoms with Gasteiger partial charge in [-0.3, -0.25) is 20.2 Å². The Morgan fingerprint density at radius 2 is 1.76 bits per heavy atom. The summed E-state index contributed by atoms with van der Waals surface area (Å²) in [6, 6.07) is 2.86. The van der Waals surface area contributed by atoms with Crippen LogP contribution in [0.5, 0.6) is 0 Å². The largest absolute Gasteiger partial charge is 0.462 e. The van der Waals surface area contributed by atoms with Crippen LogP contribution in [0.4, 0.5) is 11.4 Å². The number of carbonyl (C=O) groups is 1. The van der Waals surface area contributed by atoms with Gasteiger partial charge in [0.15, 0.2) is 0 Å². The second kappa shape index (κ2) is 6.09. The maximum absolute atomic E-state index is 12.3. The zero-order valence-electron chi connectivity index (χ0n) is 14.1. The molecule has 25 heavy (non-hydrogen) atoms. The second-order valence-electron chi connectivity index (χ2n) is 7.55. The van der Waals surface area contributed by atoms with E-state index in [1.54, 1.807) is 0 Å². The van der Waals surface area contributed by atoms with E-state index in [4.69, 9.17) is 4.74 Å². The highest BCUT2D eigenvalue weighted by atomic mass is 16.6. The first-order chi connectivity index (χ1) is 11.7. The van der Waals surface area contributed by atoms with Crippen LogP contribution in [0.3, 0.4) is 0 Å². The topological polar surface area (TPSA) is 113 Å². The first-order valence-corrected chi connectivity index (χ1v) is 8.31. The maximum Gasteiger partial charge on any atom is 0.338 e. The fraction of sp³-hybridized carbons (Fsp3) is 0.588. The second-order valence-corrected chi connectivity index (χ2v) is 7.55. The number of hydrogen-bond acceptors (Lipinski definition) is 6. The Morgan fingerprint density at radius 3 is 2.24 bits per heavy atom. The van der Waals surface area contributed by atoms with E-state index < -0.39 is 27.2 Å². The van der Waals surface area contributed by atoms with E-state index >= 15 is 0 Å². The molecule has 2 aliphatic carbocycles. The van der Waals surface area contributed by atoms with Gasteiger partial charge in [-0.25, -0.2) is 4.79 Å². The summed E-state index contributed by atoms with van der Waals surface area (Å²) in [6.45, 7) is 4.62. The van der Waals surface area contributed by atoms with Gasteiger partial charge in [0.1, 0.15) is 0 Å². The molecule has 0 N–H and O–H groups in total. The van der Waals surface area contributed by atoms with Gasteiger partial charge < -0.3 is 4.74 Å². The summed E-state index contributed by atoms with van der Waals surface area (Å²) in [5, 5.41) is 21.8. The van der Waals surface area contributed by atoms with E-state index in [1.807, 2.05) is 0 Å². The Kier molecular flexibility index (Phi) is 4.22. The molecule has 0 saturated heterocycles. The van der Waals surface area contributed by atoms with Crippen molar-refractivity contribution in [2.75, 3.05) is 6.61 Å². The molecule has 1 aromatic carbocycles. The molecule has 2 aliphatic rings. The van der Waals surface area contributed by atoms with Gasteiger partial charge in [-0.15, -0.1) is 0 Å². The molecule has 8 nitrogen and oxygen atoms in total. The lowest BCUT2D eigenvalue weighted by molar-refractivity contribution is -0.394. The minimum atomic E-state index is -0.761. The molecule has 3 atom stereocenters. The number of non-ortho nitro benzene ring substituents is 2. The standard InChI is InChI=1S/C17H20N2O6/c1-17(2)12-4-3-10(5-12)15(17)9-25-16(20)11-6-13(18(21)22)8-14(7-11)19(23)24/h6-8,10,12,15H,3-5,9H2,1-2H3/t10-,12+,15+/m1/s1. The van der Waals surface area contributed by atoms with Crippen LogP contribution in [0.2, 0.25) is 0 Å². The average Bonchev–Trinajstić information content (AvgIpc) is 3.12. The van der Waals surface area contributed by atoms with Crippen LogP contribution in [0.25, 0.3) is 0 Å². The number of fused-ring (bicyclic) bond motifs is 2. The lowest BCUT2D eigenvalue weighted by atomic mass is 9.69. The highest BCUT2D eigenvalue weighted by molar-refractivity contribution is 5.91. The van der Waals surface area contributed by atoms with Gasteiger partial charge in [0, 0.05) is 18.1 Å². The number of carbonyl (C=O) groups excluding carboxylic acids is 1. The molecule has 0 amide bonds. The number of esters is 1. The van der Waals surface area contributed by atoms with Crippen molar-refractivity contribution in [1.29, 1.82) is 0 Å². The minimum Gasteiger partial charge on any atom is -0.462 e. The molecule has 2 bridgehead atoms. The highest BCUT2D eigenvalue weighted by Crippen LogP contribution is 2.59. The number of nitrogens with zero attached hydrogens (tertiary/aromatic N) is 2. The lowest BCUT2D eigenvalue weighted by Crippen LogP contribution is -2.34. The molecular weight excluding hydrogens is 328 g/mol. The number of hydrogen-bond donors (Lipinski definition) is 0. The van der Waals surface area contributed by atoms with Gasteiger partial charge in [0.25, 0.3) is 11.4 Å². The van der Waals surface area contributed by atoms with Gasteiger partial charge in [0.05, 0.1) is 28.1 Å². The van der Waals surface area contributed by atoms with Crippen molar-refractivity contribution in [2.45, 2.75) is 33.1 Å². The van der Waals surface area contributed by atoms with Gasteiger partial charge in [-0.2, -0.15) is 0 Å². The molecule has 134 valence electrons. The van der Waals surface area contributed by atoms with E-state index in [9.17, 15) is 25.0 Å². The van der Waals surface area contributed by atoms with Crippen LogP contribution in [-0.2, 0) is 4.74 Å². The van der Waals surface area contributed by atoms with Crippen molar-refractivity contribution in [3.63, 3.8) is 0 Å². The van der Waals surface area contributed by atoms with E-state index in [0.29, 0.717) is 11.8 Å². The summed E-state index contributed by atoms with van der Waals surface area (Å²) < 4.78 is 5.39. The quantitative estimate of drug-likeness (QED) is 0.455. The molecule has 0 radical (unpaired) electrons. The van der Waals surface area contributed by atoms with E-state index in [-0.39, 0.29) is 23.5 Å². The van der Waals surface area contributed by atoms with Crippen LogP contribution in [-0.4, -0.2) is 22.4 Å². The molecule has 0 heterocycles. The Morgan fingerprint density at radius 1 is 1.16 bits per heavy atom. The normalized spacial score (nSPS) is 26.4. The van der Waals surface area contributed by atoms with Crippen LogP contribution >= 0.6 is 0 Å². The highest BCUT2D eigenvalue weighted by Gasteiger charge is 2.52. The molecule has 2 saturated carbocycles. The SMILES string of the molecule is CC1(C)[C@H]2CC[C@H](C2)[C@@H]1COC(=O)c1cc([N+](=O)[O-])cc([N+](=O)[O-])c1. The van der Waals surface area contributed by atoms with Gasteiger partial charge in [-0.1, -0.05) is 13.8 Å². The van der Waals surface area contributed by atoms with E-state index in [2.05, 4.69) is 13.8 Å². The Labute approximate surface area is 144 Å². The van der Waals surface area contributed by atoms with Gasteiger partial charge in [-0.05, 0) is 36.5 Å². The van der Waals surface area contributed by atoms with Crippen molar-refractivity contribution in [3.05, 3.63) is 44.0 Å². The number of ether oxygens (including phenoxy) is 1. The monoisotopic (exact) mass is 348 g/mol. The summed E-state index contributed by atoms with van der Waals surface area (Å²) in [5.41, 5.74) is -1.07. The number of benzene rings is 1. The zero-order valence-corrected chi connectivity index (χ0v) is 14.1. The van der Waals surface area contributed by atoms with E-state index in [0.717, 1.165) is 31.0 Å². The third kappa shape index (κ3) is 3.08. The summed E-state index contributed by atoms with van der Waals surface area (Å²) >= 11 is 0. The van der Waals surface area contributed by atoms with Crippen LogP contribution in [0.1, 0.15) is 43.5 Å². The smallest absolute Gasteiger partial charge is 0.338 e. The van der Waals surface area contributed by atoms with Crippen molar-refractivity contribution in [3.8, 4) is 0 Å². The van der Waals surface area contributed by atoms with Crippen molar-refractivity contribution in [2.24, 2.45) is 23.2 Å². The lowest BCUT2D eigenvalue weighted by Gasteiger charge is -2.37. The van der Waals surface area contributed by atoms with E-state index in [1.165, 1.54) is 6.42 Å². The molecule has 0 unspecified atom stereocenters. The van der Waals surface area contributed by atoms with Crippen molar-refractivity contribution in [1.82, 2.24) is 0 Å². The molecule has 3 rings (SSSR count). The van der Waals surface area contributed by atoms with Crippen LogP contribution < -0.4 is 0 Å². The fourth-order valence-electron chi connectivity index (χ4n) is 4.49. The summed E-state index contributed by atoms with van der Waals surface area (Å²) in [7, 11) is 0. The summed E-state index contributed by atoms with van der Waals surface area (Å²) in [4.78, 5) is 32.6. The molecule has 8 heteroatoms. The molecule has 0 spiro atoms. The first kappa shape index (κ1) is 17.3. The Balaban J connectivity index is 1.75. The van der Waals surface area contributed by atoms with Gasteiger partial charge in [0.2, 0.25) is 0 Å². The third-order valence-electron chi connectivity index (χ3n) is 6.00. The average molecular weight is 348 g/mol. The Hall–Kier alpha value is -2.51. The summed E-state index contributed by atoms with van der Waals surface area (Å²) in [6.07, 6.45) is 3.50. The molecule has 0 aromatic heterocycles. The molecular formula is C17H20N2O6. The number of nitro benzene ring substituents is 2. The maximum atomic E-state index is 12.3.